The highest BCUT2D eigenvalue weighted by Crippen LogP contribution is 2.12. The second-order valence-corrected chi connectivity index (χ2v) is 2.79. The van der Waals surface area contributed by atoms with E-state index in [2.05, 4.69) is 22.5 Å². The summed E-state index contributed by atoms with van der Waals surface area (Å²) in [7, 11) is 0. The molecular formula is C9H7BrO. The summed E-state index contributed by atoms with van der Waals surface area (Å²) in [5, 5.41) is 0. The quantitative estimate of drug-likeness (QED) is 0.687. The summed E-state index contributed by atoms with van der Waals surface area (Å²) in [4.78, 5) is 10.9. The number of rotatable bonds is 2. The molecule has 0 atom stereocenters. The van der Waals surface area contributed by atoms with Gasteiger partial charge in [-0.05, 0) is 27.6 Å². The third-order valence-corrected chi connectivity index (χ3v) is 1.82. The fourth-order valence-electron chi connectivity index (χ4n) is 0.854. The SMILES string of the molecule is C=Cc1ccccc1C(=O)Br. The topological polar surface area (TPSA) is 17.1 Å². The Bertz CT molecular complexity index is 291. The van der Waals surface area contributed by atoms with Crippen LogP contribution in [0.5, 0.6) is 0 Å². The van der Waals surface area contributed by atoms with Crippen molar-refractivity contribution in [3.05, 3.63) is 42.0 Å². The summed E-state index contributed by atoms with van der Waals surface area (Å²) < 4.78 is -0.104. The van der Waals surface area contributed by atoms with Gasteiger partial charge in [0.25, 0.3) is 0 Å². The van der Waals surface area contributed by atoms with Crippen molar-refractivity contribution >= 4 is 26.7 Å². The van der Waals surface area contributed by atoms with Gasteiger partial charge in [-0.1, -0.05) is 30.9 Å². The van der Waals surface area contributed by atoms with Gasteiger partial charge in [0.05, 0.1) is 0 Å². The first kappa shape index (κ1) is 8.21. The minimum absolute atomic E-state index is 0.104. The Morgan fingerprint density at radius 2 is 2.09 bits per heavy atom. The standard InChI is InChI=1S/C9H7BrO/c1-2-7-5-3-4-6-8(7)9(10)11/h2-6H,1H2. The molecule has 0 fully saturated rings. The minimum atomic E-state index is -0.104. The van der Waals surface area contributed by atoms with Crippen LogP contribution in [0.25, 0.3) is 6.08 Å². The van der Waals surface area contributed by atoms with E-state index in [1.807, 2.05) is 18.2 Å². The Morgan fingerprint density at radius 3 is 2.55 bits per heavy atom. The van der Waals surface area contributed by atoms with Crippen LogP contribution in [-0.4, -0.2) is 4.69 Å². The lowest BCUT2D eigenvalue weighted by Gasteiger charge is -1.97. The van der Waals surface area contributed by atoms with Crippen molar-refractivity contribution in [2.45, 2.75) is 0 Å². The first-order chi connectivity index (χ1) is 5.25. The van der Waals surface area contributed by atoms with Gasteiger partial charge in [-0.2, -0.15) is 0 Å². The van der Waals surface area contributed by atoms with E-state index < -0.39 is 0 Å². The van der Waals surface area contributed by atoms with Crippen molar-refractivity contribution in [1.29, 1.82) is 0 Å². The van der Waals surface area contributed by atoms with Gasteiger partial charge in [-0.25, -0.2) is 0 Å². The fraction of sp³-hybridized carbons (Fsp3) is 0. The monoisotopic (exact) mass is 210 g/mol. The van der Waals surface area contributed by atoms with E-state index in [1.54, 1.807) is 12.1 Å². The number of hydrogen-bond acceptors (Lipinski definition) is 1. The molecule has 0 aliphatic heterocycles. The normalized spacial score (nSPS) is 9.18. The second kappa shape index (κ2) is 3.49. The molecule has 56 valence electrons. The Morgan fingerprint density at radius 1 is 1.45 bits per heavy atom. The first-order valence-corrected chi connectivity index (χ1v) is 3.96. The summed E-state index contributed by atoms with van der Waals surface area (Å²) in [5.74, 6) is 0. The molecule has 0 radical (unpaired) electrons. The van der Waals surface area contributed by atoms with E-state index in [4.69, 9.17) is 0 Å². The molecule has 1 aromatic rings. The number of benzene rings is 1. The lowest BCUT2D eigenvalue weighted by molar-refractivity contribution is 0.109. The summed E-state index contributed by atoms with van der Waals surface area (Å²) in [6.45, 7) is 3.60. The van der Waals surface area contributed by atoms with Crippen LogP contribution < -0.4 is 0 Å². The highest BCUT2D eigenvalue weighted by atomic mass is 79.9. The summed E-state index contributed by atoms with van der Waals surface area (Å²) in [5.41, 5.74) is 1.51. The number of hydrogen-bond donors (Lipinski definition) is 0. The Balaban J connectivity index is 3.22. The zero-order chi connectivity index (χ0) is 8.27. The van der Waals surface area contributed by atoms with Gasteiger partial charge in [0.1, 0.15) is 0 Å². The van der Waals surface area contributed by atoms with E-state index in [-0.39, 0.29) is 4.69 Å². The zero-order valence-electron chi connectivity index (χ0n) is 5.88. The fourth-order valence-corrected chi connectivity index (χ4v) is 1.22. The predicted molar refractivity (Wildman–Crippen MR) is 49.8 cm³/mol. The van der Waals surface area contributed by atoms with Crippen LogP contribution in [0.4, 0.5) is 0 Å². The van der Waals surface area contributed by atoms with Gasteiger partial charge in [0, 0.05) is 5.56 Å². The van der Waals surface area contributed by atoms with Crippen LogP contribution in [0.1, 0.15) is 15.9 Å². The molecule has 0 spiro atoms. The summed E-state index contributed by atoms with van der Waals surface area (Å²) in [6.07, 6.45) is 1.66. The van der Waals surface area contributed by atoms with Crippen molar-refractivity contribution in [3.63, 3.8) is 0 Å². The first-order valence-electron chi connectivity index (χ1n) is 3.17. The molecule has 0 saturated carbocycles. The van der Waals surface area contributed by atoms with Crippen molar-refractivity contribution in [3.8, 4) is 0 Å². The maximum absolute atomic E-state index is 10.9. The van der Waals surface area contributed by atoms with Crippen LogP contribution in [0.2, 0.25) is 0 Å². The van der Waals surface area contributed by atoms with Gasteiger partial charge in [0.15, 0.2) is 0 Å². The van der Waals surface area contributed by atoms with Gasteiger partial charge >= 0.3 is 0 Å². The van der Waals surface area contributed by atoms with Crippen molar-refractivity contribution in [2.24, 2.45) is 0 Å². The van der Waals surface area contributed by atoms with E-state index in [0.29, 0.717) is 5.56 Å². The second-order valence-electron chi connectivity index (χ2n) is 2.07. The van der Waals surface area contributed by atoms with Crippen LogP contribution in [0, 0.1) is 0 Å². The Hall–Kier alpha value is -0.890. The van der Waals surface area contributed by atoms with Crippen LogP contribution in [0.15, 0.2) is 30.8 Å². The maximum atomic E-state index is 10.9. The average molecular weight is 211 g/mol. The predicted octanol–water partition coefficient (Wildman–Crippen LogP) is 2.86. The molecule has 1 aromatic carbocycles. The summed E-state index contributed by atoms with van der Waals surface area (Å²) >= 11 is 2.89. The third-order valence-electron chi connectivity index (χ3n) is 1.39. The number of carbonyl (C=O) groups is 1. The highest BCUT2D eigenvalue weighted by molar-refractivity contribution is 9.18. The molecular weight excluding hydrogens is 204 g/mol. The molecule has 0 bridgehead atoms. The largest absolute Gasteiger partial charge is 0.281 e. The average Bonchev–Trinajstić information content (AvgIpc) is 2.04. The van der Waals surface area contributed by atoms with Crippen molar-refractivity contribution in [1.82, 2.24) is 0 Å². The van der Waals surface area contributed by atoms with Crippen LogP contribution in [-0.2, 0) is 0 Å². The van der Waals surface area contributed by atoms with E-state index in [0.717, 1.165) is 5.56 Å². The van der Waals surface area contributed by atoms with Crippen molar-refractivity contribution < 1.29 is 4.79 Å². The lowest BCUT2D eigenvalue weighted by Crippen LogP contribution is -1.90. The summed E-state index contributed by atoms with van der Waals surface area (Å²) in [6, 6.07) is 7.30. The molecule has 0 saturated heterocycles. The molecule has 0 aliphatic rings. The van der Waals surface area contributed by atoms with E-state index in [1.165, 1.54) is 0 Å². The Labute approximate surface area is 73.9 Å². The van der Waals surface area contributed by atoms with E-state index >= 15 is 0 Å². The van der Waals surface area contributed by atoms with Gasteiger partial charge in [-0.15, -0.1) is 0 Å². The maximum Gasteiger partial charge on any atom is 0.228 e. The van der Waals surface area contributed by atoms with Gasteiger partial charge in [-0.3, -0.25) is 4.79 Å². The number of carbonyl (C=O) groups excluding carboxylic acids is 1. The van der Waals surface area contributed by atoms with Gasteiger partial charge < -0.3 is 0 Å². The van der Waals surface area contributed by atoms with Crippen LogP contribution >= 0.6 is 15.9 Å². The number of halogens is 1. The molecule has 0 aliphatic carbocycles. The third kappa shape index (κ3) is 1.77. The molecule has 0 aromatic heterocycles. The smallest absolute Gasteiger partial charge is 0.228 e. The lowest BCUT2D eigenvalue weighted by atomic mass is 10.1. The minimum Gasteiger partial charge on any atom is -0.281 e. The molecule has 0 unspecified atom stereocenters. The molecule has 2 heteroatoms. The highest BCUT2D eigenvalue weighted by Gasteiger charge is 2.03. The van der Waals surface area contributed by atoms with Crippen LogP contribution in [0.3, 0.4) is 0 Å². The van der Waals surface area contributed by atoms with Gasteiger partial charge in [0.2, 0.25) is 4.69 Å². The molecule has 1 rings (SSSR count). The van der Waals surface area contributed by atoms with Crippen molar-refractivity contribution in [2.75, 3.05) is 0 Å². The Kier molecular flexibility index (Phi) is 2.60. The molecule has 0 N–H and O–H groups in total. The molecule has 1 nitrogen and oxygen atoms in total. The molecule has 0 amide bonds. The molecule has 0 heterocycles. The van der Waals surface area contributed by atoms with E-state index in [9.17, 15) is 4.79 Å². The zero-order valence-corrected chi connectivity index (χ0v) is 7.47. The molecule has 11 heavy (non-hydrogen) atoms.